The van der Waals surface area contributed by atoms with E-state index in [1.54, 1.807) is 0 Å². The fraction of sp³-hybridized carbons (Fsp3) is 0.182. The van der Waals surface area contributed by atoms with Crippen molar-refractivity contribution in [2.24, 2.45) is 0 Å². The third-order valence-corrected chi connectivity index (χ3v) is 5.01. The lowest BCUT2D eigenvalue weighted by Crippen LogP contribution is -2.52. The normalized spacial score (nSPS) is 17.3. The van der Waals surface area contributed by atoms with Crippen LogP contribution in [0.1, 0.15) is 22.3 Å². The Kier molecular flexibility index (Phi) is 3.93. The molecule has 0 saturated carbocycles. The van der Waals surface area contributed by atoms with E-state index in [2.05, 4.69) is 29.6 Å². The highest BCUT2D eigenvalue weighted by Crippen LogP contribution is 2.36. The second-order valence-corrected chi connectivity index (χ2v) is 6.40. The summed E-state index contributed by atoms with van der Waals surface area (Å²) in [5.74, 6) is 0. The van der Waals surface area contributed by atoms with Crippen molar-refractivity contribution < 1.29 is 5.11 Å². The second kappa shape index (κ2) is 6.23. The molecule has 2 N–H and O–H groups in total. The first-order valence-corrected chi connectivity index (χ1v) is 8.42. The lowest BCUT2D eigenvalue weighted by Gasteiger charge is -2.40. The zero-order valence-electron chi connectivity index (χ0n) is 13.5. The monoisotopic (exact) mass is 315 g/mol. The Labute approximate surface area is 142 Å². The van der Waals surface area contributed by atoms with Gasteiger partial charge in [-0.15, -0.1) is 0 Å². The van der Waals surface area contributed by atoms with Gasteiger partial charge in [0.15, 0.2) is 0 Å². The minimum atomic E-state index is -1.06. The molecule has 0 spiro atoms. The highest BCUT2D eigenvalue weighted by atomic mass is 16.3. The van der Waals surface area contributed by atoms with Crippen molar-refractivity contribution in [1.82, 2.24) is 5.32 Å². The summed E-state index contributed by atoms with van der Waals surface area (Å²) in [6, 6.07) is 28.3. The molecule has 0 amide bonds. The first-order valence-electron chi connectivity index (χ1n) is 8.42. The van der Waals surface area contributed by atoms with Crippen LogP contribution >= 0.6 is 0 Å². The van der Waals surface area contributed by atoms with Crippen LogP contribution in [0, 0.1) is 0 Å². The van der Waals surface area contributed by atoms with E-state index in [1.807, 2.05) is 60.7 Å². The summed E-state index contributed by atoms with van der Waals surface area (Å²) in [5, 5.41) is 15.4. The molecule has 0 bridgehead atoms. The highest BCUT2D eigenvalue weighted by Gasteiger charge is 2.41. The number of nitrogens with one attached hydrogen (secondary N) is 1. The van der Waals surface area contributed by atoms with Crippen LogP contribution < -0.4 is 5.32 Å². The van der Waals surface area contributed by atoms with Crippen LogP contribution in [0.5, 0.6) is 0 Å². The third-order valence-electron chi connectivity index (χ3n) is 5.01. The van der Waals surface area contributed by atoms with E-state index in [-0.39, 0.29) is 6.04 Å². The van der Waals surface area contributed by atoms with Gasteiger partial charge < -0.3 is 10.4 Å². The van der Waals surface area contributed by atoms with E-state index in [0.29, 0.717) is 0 Å². The Hall–Kier alpha value is -2.42. The van der Waals surface area contributed by atoms with Gasteiger partial charge in [-0.05, 0) is 28.7 Å². The molecular formula is C22H21NO. The van der Waals surface area contributed by atoms with Crippen molar-refractivity contribution in [2.75, 3.05) is 0 Å². The van der Waals surface area contributed by atoms with E-state index in [0.717, 1.165) is 24.1 Å². The maximum absolute atomic E-state index is 11.8. The molecular weight excluding hydrogens is 294 g/mol. The number of benzene rings is 3. The number of hydrogen-bond acceptors (Lipinski definition) is 2. The van der Waals surface area contributed by atoms with Crippen LogP contribution in [0.4, 0.5) is 0 Å². The van der Waals surface area contributed by atoms with Gasteiger partial charge in [0.1, 0.15) is 5.60 Å². The largest absolute Gasteiger partial charge is 0.379 e. The van der Waals surface area contributed by atoms with Crippen LogP contribution in [-0.4, -0.2) is 11.1 Å². The molecule has 1 aliphatic rings. The molecule has 24 heavy (non-hydrogen) atoms. The van der Waals surface area contributed by atoms with E-state index < -0.39 is 5.60 Å². The second-order valence-electron chi connectivity index (χ2n) is 6.40. The SMILES string of the molecule is OC(c1ccccc1)(c1ccccc1)C1Cc2ccccc2CN1. The fourth-order valence-corrected chi connectivity index (χ4v) is 3.70. The minimum absolute atomic E-state index is 0.0720. The van der Waals surface area contributed by atoms with Crippen molar-refractivity contribution in [2.45, 2.75) is 24.6 Å². The Morgan fingerprint density at radius 1 is 0.708 bits per heavy atom. The zero-order valence-corrected chi connectivity index (χ0v) is 13.5. The van der Waals surface area contributed by atoms with Gasteiger partial charge in [0.2, 0.25) is 0 Å². The lowest BCUT2D eigenvalue weighted by molar-refractivity contribution is 0.0337. The minimum Gasteiger partial charge on any atom is -0.379 e. The third kappa shape index (κ3) is 2.54. The smallest absolute Gasteiger partial charge is 0.130 e. The maximum Gasteiger partial charge on any atom is 0.130 e. The van der Waals surface area contributed by atoms with Gasteiger partial charge in [-0.1, -0.05) is 84.9 Å². The van der Waals surface area contributed by atoms with Crippen LogP contribution in [0.3, 0.4) is 0 Å². The van der Waals surface area contributed by atoms with E-state index in [4.69, 9.17) is 0 Å². The standard InChI is InChI=1S/C22H21NO/c24-22(19-11-3-1-4-12-19,20-13-5-2-6-14-20)21-15-17-9-7-8-10-18(17)16-23-21/h1-14,21,23-24H,15-16H2. The highest BCUT2D eigenvalue weighted by molar-refractivity contribution is 5.41. The maximum atomic E-state index is 11.8. The van der Waals surface area contributed by atoms with Crippen LogP contribution in [-0.2, 0) is 18.6 Å². The van der Waals surface area contributed by atoms with Crippen LogP contribution in [0.25, 0.3) is 0 Å². The molecule has 1 atom stereocenters. The Bertz CT molecular complexity index is 774. The zero-order chi connectivity index (χ0) is 16.4. The van der Waals surface area contributed by atoms with E-state index in [9.17, 15) is 5.11 Å². The molecule has 4 rings (SSSR count). The molecule has 120 valence electrons. The summed E-state index contributed by atoms with van der Waals surface area (Å²) < 4.78 is 0. The van der Waals surface area contributed by atoms with Crippen molar-refractivity contribution in [3.05, 3.63) is 107 Å². The molecule has 1 heterocycles. The molecule has 0 saturated heterocycles. The number of hydrogen-bond donors (Lipinski definition) is 2. The molecule has 1 aliphatic heterocycles. The number of fused-ring (bicyclic) bond motifs is 1. The Morgan fingerprint density at radius 2 is 1.21 bits per heavy atom. The molecule has 0 radical (unpaired) electrons. The molecule has 0 aliphatic carbocycles. The fourth-order valence-electron chi connectivity index (χ4n) is 3.70. The van der Waals surface area contributed by atoms with Crippen molar-refractivity contribution in [3.8, 4) is 0 Å². The average Bonchev–Trinajstić information content (AvgIpc) is 2.68. The van der Waals surface area contributed by atoms with Crippen LogP contribution in [0.15, 0.2) is 84.9 Å². The average molecular weight is 315 g/mol. The first-order chi connectivity index (χ1) is 11.8. The molecule has 3 aromatic carbocycles. The summed E-state index contributed by atoms with van der Waals surface area (Å²) in [7, 11) is 0. The molecule has 0 fully saturated rings. The quantitative estimate of drug-likeness (QED) is 0.773. The summed E-state index contributed by atoms with van der Waals surface area (Å²) in [6.45, 7) is 0.781. The van der Waals surface area contributed by atoms with Gasteiger partial charge in [-0.25, -0.2) is 0 Å². The summed E-state index contributed by atoms with van der Waals surface area (Å²) in [6.07, 6.45) is 0.802. The van der Waals surface area contributed by atoms with Crippen LogP contribution in [0.2, 0.25) is 0 Å². The van der Waals surface area contributed by atoms with E-state index >= 15 is 0 Å². The van der Waals surface area contributed by atoms with Gasteiger partial charge in [-0.3, -0.25) is 0 Å². The molecule has 1 unspecified atom stereocenters. The summed E-state index contributed by atoms with van der Waals surface area (Å²) in [4.78, 5) is 0. The number of aliphatic hydroxyl groups is 1. The predicted octanol–water partition coefficient (Wildman–Crippen LogP) is 3.64. The van der Waals surface area contributed by atoms with Gasteiger partial charge in [0, 0.05) is 12.6 Å². The molecule has 2 heteroatoms. The summed E-state index contributed by atoms with van der Waals surface area (Å²) >= 11 is 0. The van der Waals surface area contributed by atoms with Crippen molar-refractivity contribution in [1.29, 1.82) is 0 Å². The summed E-state index contributed by atoms with van der Waals surface area (Å²) in [5.41, 5.74) is 3.42. The lowest BCUT2D eigenvalue weighted by atomic mass is 9.76. The topological polar surface area (TPSA) is 32.3 Å². The molecule has 0 aromatic heterocycles. The molecule has 3 aromatic rings. The Morgan fingerprint density at radius 3 is 1.79 bits per heavy atom. The van der Waals surface area contributed by atoms with Crippen molar-refractivity contribution >= 4 is 0 Å². The van der Waals surface area contributed by atoms with Gasteiger partial charge in [0.25, 0.3) is 0 Å². The van der Waals surface area contributed by atoms with Gasteiger partial charge in [0.05, 0.1) is 0 Å². The van der Waals surface area contributed by atoms with E-state index in [1.165, 1.54) is 11.1 Å². The first kappa shape index (κ1) is 15.1. The Balaban J connectivity index is 1.80. The predicted molar refractivity (Wildman–Crippen MR) is 96.7 cm³/mol. The van der Waals surface area contributed by atoms with Gasteiger partial charge >= 0.3 is 0 Å². The van der Waals surface area contributed by atoms with Gasteiger partial charge in [-0.2, -0.15) is 0 Å². The molecule has 2 nitrogen and oxygen atoms in total. The van der Waals surface area contributed by atoms with Crippen molar-refractivity contribution in [3.63, 3.8) is 0 Å². The number of rotatable bonds is 3.